The second kappa shape index (κ2) is 6.24. The van der Waals surface area contributed by atoms with Gasteiger partial charge < -0.3 is 9.64 Å². The Morgan fingerprint density at radius 2 is 2.47 bits per heavy atom. The van der Waals surface area contributed by atoms with Crippen LogP contribution in [0.5, 0.6) is 0 Å². The molecule has 6 heteroatoms. The highest BCUT2D eigenvalue weighted by molar-refractivity contribution is 7.99. The van der Waals surface area contributed by atoms with Crippen LogP contribution < -0.4 is 0 Å². The van der Waals surface area contributed by atoms with Crippen LogP contribution in [-0.4, -0.2) is 52.6 Å². The van der Waals surface area contributed by atoms with Gasteiger partial charge in [-0.2, -0.15) is 11.8 Å². The van der Waals surface area contributed by atoms with E-state index in [1.807, 2.05) is 22.0 Å². The van der Waals surface area contributed by atoms with E-state index in [0.29, 0.717) is 11.7 Å². The van der Waals surface area contributed by atoms with Crippen LogP contribution >= 0.6 is 23.1 Å². The van der Waals surface area contributed by atoms with E-state index in [-0.39, 0.29) is 12.0 Å². The molecule has 2 saturated heterocycles. The van der Waals surface area contributed by atoms with E-state index in [4.69, 9.17) is 4.74 Å². The SMILES string of the molecule is O=C(c1cscn1)N(CC1CCCO1)C1CCSC1. The fraction of sp³-hybridized carbons (Fsp3) is 0.692. The van der Waals surface area contributed by atoms with Gasteiger partial charge in [-0.25, -0.2) is 4.98 Å². The first-order valence-electron chi connectivity index (χ1n) is 6.73. The zero-order chi connectivity index (χ0) is 13.1. The van der Waals surface area contributed by atoms with Crippen molar-refractivity contribution in [3.63, 3.8) is 0 Å². The van der Waals surface area contributed by atoms with E-state index < -0.39 is 0 Å². The summed E-state index contributed by atoms with van der Waals surface area (Å²) in [5, 5.41) is 1.84. The highest BCUT2D eigenvalue weighted by atomic mass is 32.2. The molecule has 0 saturated carbocycles. The molecule has 2 fully saturated rings. The van der Waals surface area contributed by atoms with Gasteiger partial charge in [-0.05, 0) is 25.0 Å². The number of aromatic nitrogens is 1. The summed E-state index contributed by atoms with van der Waals surface area (Å²) in [5.74, 6) is 2.27. The third-order valence-electron chi connectivity index (χ3n) is 3.68. The first-order chi connectivity index (χ1) is 9.34. The van der Waals surface area contributed by atoms with Crippen LogP contribution in [0.2, 0.25) is 0 Å². The average molecular weight is 298 g/mol. The molecular weight excluding hydrogens is 280 g/mol. The van der Waals surface area contributed by atoms with Crippen LogP contribution in [0.15, 0.2) is 10.9 Å². The summed E-state index contributed by atoms with van der Waals surface area (Å²) in [6, 6.07) is 0.350. The average Bonchev–Trinajstić information content (AvgIpc) is 3.15. The monoisotopic (exact) mass is 298 g/mol. The molecule has 104 valence electrons. The Balaban J connectivity index is 1.72. The Morgan fingerprint density at radius 3 is 3.11 bits per heavy atom. The van der Waals surface area contributed by atoms with Gasteiger partial charge in [0.15, 0.2) is 0 Å². The van der Waals surface area contributed by atoms with Crippen LogP contribution in [0.4, 0.5) is 0 Å². The molecule has 2 unspecified atom stereocenters. The number of rotatable bonds is 4. The number of amides is 1. The summed E-state index contributed by atoms with van der Waals surface area (Å²) in [6.07, 6.45) is 3.49. The van der Waals surface area contributed by atoms with Gasteiger partial charge >= 0.3 is 0 Å². The minimum absolute atomic E-state index is 0.0734. The zero-order valence-corrected chi connectivity index (χ0v) is 12.4. The number of hydrogen-bond donors (Lipinski definition) is 0. The van der Waals surface area contributed by atoms with Crippen molar-refractivity contribution in [3.05, 3.63) is 16.6 Å². The molecule has 2 atom stereocenters. The van der Waals surface area contributed by atoms with E-state index in [1.54, 1.807) is 5.51 Å². The normalized spacial score (nSPS) is 26.7. The molecule has 3 rings (SSSR count). The number of nitrogens with zero attached hydrogens (tertiary/aromatic N) is 2. The Hall–Kier alpha value is -0.590. The van der Waals surface area contributed by atoms with Gasteiger partial charge in [0.2, 0.25) is 0 Å². The van der Waals surface area contributed by atoms with E-state index in [1.165, 1.54) is 11.3 Å². The number of ether oxygens (including phenoxy) is 1. The van der Waals surface area contributed by atoms with Gasteiger partial charge in [0.25, 0.3) is 5.91 Å². The predicted octanol–water partition coefficient (Wildman–Crippen LogP) is 2.27. The molecule has 0 aromatic carbocycles. The van der Waals surface area contributed by atoms with Gasteiger partial charge in [-0.3, -0.25) is 4.79 Å². The van der Waals surface area contributed by atoms with Gasteiger partial charge in [0.1, 0.15) is 5.69 Å². The minimum atomic E-state index is 0.0734. The van der Waals surface area contributed by atoms with Crippen molar-refractivity contribution in [2.75, 3.05) is 24.7 Å². The molecular formula is C13H18N2O2S2. The second-order valence-corrected chi connectivity index (χ2v) is 6.85. The minimum Gasteiger partial charge on any atom is -0.376 e. The van der Waals surface area contributed by atoms with Crippen LogP contribution in [0, 0.1) is 0 Å². The summed E-state index contributed by atoms with van der Waals surface area (Å²) in [4.78, 5) is 18.8. The van der Waals surface area contributed by atoms with Crippen molar-refractivity contribution in [1.82, 2.24) is 9.88 Å². The maximum absolute atomic E-state index is 12.6. The molecule has 2 aliphatic rings. The number of carbonyl (C=O) groups excluding carboxylic acids is 1. The summed E-state index contributed by atoms with van der Waals surface area (Å²) in [6.45, 7) is 1.56. The van der Waals surface area contributed by atoms with Gasteiger partial charge in [-0.15, -0.1) is 11.3 Å². The van der Waals surface area contributed by atoms with Crippen molar-refractivity contribution in [2.45, 2.75) is 31.4 Å². The van der Waals surface area contributed by atoms with E-state index in [9.17, 15) is 4.79 Å². The van der Waals surface area contributed by atoms with Gasteiger partial charge in [0.05, 0.1) is 11.6 Å². The Labute approximate surface area is 121 Å². The molecule has 0 bridgehead atoms. The molecule has 1 amide bonds. The maximum Gasteiger partial charge on any atom is 0.273 e. The van der Waals surface area contributed by atoms with Crippen LogP contribution in [0.3, 0.4) is 0 Å². The van der Waals surface area contributed by atoms with E-state index >= 15 is 0 Å². The molecule has 0 radical (unpaired) electrons. The number of thiazole rings is 1. The fourth-order valence-electron chi connectivity index (χ4n) is 2.64. The van der Waals surface area contributed by atoms with Crippen molar-refractivity contribution in [3.8, 4) is 0 Å². The molecule has 0 spiro atoms. The second-order valence-electron chi connectivity index (χ2n) is 4.98. The van der Waals surface area contributed by atoms with Crippen molar-refractivity contribution >= 4 is 29.0 Å². The maximum atomic E-state index is 12.6. The van der Waals surface area contributed by atoms with Crippen LogP contribution in [0.1, 0.15) is 29.8 Å². The Morgan fingerprint density at radius 1 is 1.53 bits per heavy atom. The van der Waals surface area contributed by atoms with Gasteiger partial charge in [-0.1, -0.05) is 0 Å². The molecule has 19 heavy (non-hydrogen) atoms. The molecule has 0 N–H and O–H groups in total. The smallest absolute Gasteiger partial charge is 0.273 e. The van der Waals surface area contributed by atoms with Crippen LogP contribution in [-0.2, 0) is 4.74 Å². The fourth-order valence-corrected chi connectivity index (χ4v) is 4.39. The van der Waals surface area contributed by atoms with Crippen molar-refractivity contribution in [1.29, 1.82) is 0 Å². The highest BCUT2D eigenvalue weighted by Gasteiger charge is 2.31. The summed E-state index contributed by atoms with van der Waals surface area (Å²) < 4.78 is 5.69. The number of hydrogen-bond acceptors (Lipinski definition) is 5. The quantitative estimate of drug-likeness (QED) is 0.855. The third-order valence-corrected chi connectivity index (χ3v) is 5.41. The van der Waals surface area contributed by atoms with Crippen LogP contribution in [0.25, 0.3) is 0 Å². The standard InChI is InChI=1S/C13H18N2O2S2/c16-13(12-8-19-9-14-12)15(10-3-5-18-7-10)6-11-2-1-4-17-11/h8-11H,1-7H2. The largest absolute Gasteiger partial charge is 0.376 e. The van der Waals surface area contributed by atoms with Gasteiger partial charge in [0, 0.05) is 30.3 Å². The number of carbonyl (C=O) groups is 1. The zero-order valence-electron chi connectivity index (χ0n) is 10.8. The molecule has 1 aromatic rings. The van der Waals surface area contributed by atoms with E-state index in [2.05, 4.69) is 4.98 Å². The topological polar surface area (TPSA) is 42.4 Å². The van der Waals surface area contributed by atoms with Crippen molar-refractivity contribution < 1.29 is 9.53 Å². The first-order valence-corrected chi connectivity index (χ1v) is 8.83. The Kier molecular flexibility index (Phi) is 4.40. The van der Waals surface area contributed by atoms with Crippen molar-refractivity contribution in [2.24, 2.45) is 0 Å². The third kappa shape index (κ3) is 3.12. The lowest BCUT2D eigenvalue weighted by Gasteiger charge is -2.30. The Bertz CT molecular complexity index is 412. The molecule has 4 nitrogen and oxygen atoms in total. The lowest BCUT2D eigenvalue weighted by molar-refractivity contribution is 0.0438. The molecule has 3 heterocycles. The first kappa shape index (κ1) is 13.4. The summed E-state index contributed by atoms with van der Waals surface area (Å²) >= 11 is 3.41. The highest BCUT2D eigenvalue weighted by Crippen LogP contribution is 2.25. The number of thioether (sulfide) groups is 1. The van der Waals surface area contributed by atoms with E-state index in [0.717, 1.165) is 43.9 Å². The predicted molar refractivity (Wildman–Crippen MR) is 77.9 cm³/mol. The molecule has 2 aliphatic heterocycles. The summed E-state index contributed by atoms with van der Waals surface area (Å²) in [5.41, 5.74) is 2.31. The lowest BCUT2D eigenvalue weighted by Crippen LogP contribution is -2.44. The summed E-state index contributed by atoms with van der Waals surface area (Å²) in [7, 11) is 0. The lowest BCUT2D eigenvalue weighted by atomic mass is 10.1. The molecule has 0 aliphatic carbocycles. The molecule has 1 aromatic heterocycles.